The highest BCUT2D eigenvalue weighted by molar-refractivity contribution is 6.09. The monoisotopic (exact) mass is 575 g/mol. The molecule has 2 fully saturated rings. The van der Waals surface area contributed by atoms with Crippen molar-refractivity contribution >= 4 is 41.1 Å². The van der Waals surface area contributed by atoms with Crippen molar-refractivity contribution < 1.29 is 18.8 Å². The van der Waals surface area contributed by atoms with Gasteiger partial charge in [-0.25, -0.2) is 4.39 Å². The van der Waals surface area contributed by atoms with E-state index < -0.39 is 17.3 Å². The number of anilines is 4. The zero-order chi connectivity index (χ0) is 30.7. The molecule has 1 saturated heterocycles. The molecule has 0 radical (unpaired) electrons. The van der Waals surface area contributed by atoms with Crippen LogP contribution >= 0.6 is 0 Å². The molecule has 10 heteroatoms. The summed E-state index contributed by atoms with van der Waals surface area (Å²) < 4.78 is 16.2. The van der Waals surface area contributed by atoms with Gasteiger partial charge in [-0.2, -0.15) is 0 Å². The standard InChI is InChI=1S/C30H32FN5O4.C2H6/c1-18-9-12-24(23(31)15-18)32-27-25(30(40)33(3)21-10-11-21)26(19(2)28(38)34(27)4)36(17-37)22-8-5-7-20(16-22)29(39)35-13-6-14-35;1-2/h5,7-9,12,15-17,21,32H,6,10-11,13-14H2,1-4H3;1-2H3. The van der Waals surface area contributed by atoms with Crippen LogP contribution in [0.2, 0.25) is 0 Å². The maximum Gasteiger partial charge on any atom is 0.259 e. The van der Waals surface area contributed by atoms with Crippen LogP contribution in [-0.4, -0.2) is 58.8 Å². The Bertz CT molecular complexity index is 1580. The molecule has 1 aliphatic heterocycles. The normalized spacial score (nSPS) is 13.8. The summed E-state index contributed by atoms with van der Waals surface area (Å²) in [5, 5.41) is 2.97. The van der Waals surface area contributed by atoms with Gasteiger partial charge < -0.3 is 15.1 Å². The molecule has 0 spiro atoms. The molecule has 3 amide bonds. The lowest BCUT2D eigenvalue weighted by Gasteiger charge is -2.31. The molecule has 2 aromatic carbocycles. The van der Waals surface area contributed by atoms with Gasteiger partial charge in [-0.05, 0) is 69.0 Å². The molecule has 1 N–H and O–H groups in total. The number of nitrogens with zero attached hydrogens (tertiary/aromatic N) is 4. The van der Waals surface area contributed by atoms with E-state index in [1.165, 1.54) is 28.6 Å². The van der Waals surface area contributed by atoms with Crippen molar-refractivity contribution in [3.05, 3.63) is 80.9 Å². The summed E-state index contributed by atoms with van der Waals surface area (Å²) in [6.07, 6.45) is 3.15. The molecule has 1 aliphatic carbocycles. The van der Waals surface area contributed by atoms with Gasteiger partial charge in [0.2, 0.25) is 6.41 Å². The number of carbonyl (C=O) groups excluding carboxylic acids is 3. The van der Waals surface area contributed by atoms with Gasteiger partial charge in [0.1, 0.15) is 17.2 Å². The molecule has 2 heterocycles. The number of carbonyl (C=O) groups is 3. The van der Waals surface area contributed by atoms with Gasteiger partial charge in [-0.15, -0.1) is 0 Å². The Morgan fingerprint density at radius 2 is 1.76 bits per heavy atom. The lowest BCUT2D eigenvalue weighted by molar-refractivity contribution is -0.106. The minimum Gasteiger partial charge on any atom is -0.339 e. The number of rotatable bonds is 8. The topological polar surface area (TPSA) is 95.0 Å². The fraction of sp³-hybridized carbons (Fsp3) is 0.375. The Kier molecular flexibility index (Phi) is 9.14. The largest absolute Gasteiger partial charge is 0.339 e. The number of nitrogens with one attached hydrogen (secondary N) is 1. The van der Waals surface area contributed by atoms with Gasteiger partial charge in [-0.3, -0.25) is 28.6 Å². The molecule has 5 rings (SSSR count). The Balaban J connectivity index is 0.00000198. The average Bonchev–Trinajstić information content (AvgIpc) is 3.81. The second kappa shape index (κ2) is 12.6. The van der Waals surface area contributed by atoms with E-state index in [1.54, 1.807) is 61.0 Å². The molecule has 0 bridgehead atoms. The fourth-order valence-electron chi connectivity index (χ4n) is 4.96. The van der Waals surface area contributed by atoms with Gasteiger partial charge in [0.25, 0.3) is 17.4 Å². The lowest BCUT2D eigenvalue weighted by Crippen LogP contribution is -2.42. The van der Waals surface area contributed by atoms with E-state index in [4.69, 9.17) is 0 Å². The van der Waals surface area contributed by atoms with Gasteiger partial charge in [0, 0.05) is 50.0 Å². The second-order valence-electron chi connectivity index (χ2n) is 10.5. The molecule has 9 nitrogen and oxygen atoms in total. The molecule has 1 aromatic heterocycles. The first-order valence-corrected chi connectivity index (χ1v) is 14.3. The molecule has 42 heavy (non-hydrogen) atoms. The molecule has 0 atom stereocenters. The number of benzene rings is 2. The number of likely N-dealkylation sites (tertiary alicyclic amines) is 1. The Hall–Kier alpha value is -4.47. The third-order valence-electron chi connectivity index (χ3n) is 7.66. The summed E-state index contributed by atoms with van der Waals surface area (Å²) in [4.78, 5) is 57.7. The van der Waals surface area contributed by atoms with E-state index in [2.05, 4.69) is 5.32 Å². The molecule has 2 aliphatic rings. The van der Waals surface area contributed by atoms with Crippen molar-refractivity contribution in [3.63, 3.8) is 0 Å². The number of aryl methyl sites for hydroxylation is 1. The third kappa shape index (κ3) is 5.79. The van der Waals surface area contributed by atoms with Crippen molar-refractivity contribution in [1.29, 1.82) is 0 Å². The third-order valence-corrected chi connectivity index (χ3v) is 7.66. The van der Waals surface area contributed by atoms with E-state index in [0.29, 0.717) is 36.3 Å². The lowest BCUT2D eigenvalue weighted by atomic mass is 10.0. The van der Waals surface area contributed by atoms with Crippen LogP contribution in [0.4, 0.5) is 27.3 Å². The molecule has 1 saturated carbocycles. The summed E-state index contributed by atoms with van der Waals surface area (Å²) in [5.41, 5.74) is 1.36. The van der Waals surface area contributed by atoms with Crippen LogP contribution in [0.1, 0.15) is 65.0 Å². The highest BCUT2D eigenvalue weighted by Gasteiger charge is 2.36. The molecular formula is C32H38FN5O4. The summed E-state index contributed by atoms with van der Waals surface area (Å²) in [5.74, 6) is -1.05. The van der Waals surface area contributed by atoms with Gasteiger partial charge in [0.05, 0.1) is 11.4 Å². The molecular weight excluding hydrogens is 537 g/mol. The maximum absolute atomic E-state index is 14.9. The molecule has 3 aromatic rings. The van der Waals surface area contributed by atoms with Crippen molar-refractivity contribution in [2.45, 2.75) is 53.0 Å². The Labute approximate surface area is 245 Å². The Morgan fingerprint density at radius 1 is 1.07 bits per heavy atom. The summed E-state index contributed by atoms with van der Waals surface area (Å²) in [6, 6.07) is 11.2. The van der Waals surface area contributed by atoms with Crippen LogP contribution in [0.15, 0.2) is 47.3 Å². The zero-order valence-corrected chi connectivity index (χ0v) is 25.0. The van der Waals surface area contributed by atoms with Crippen LogP contribution in [-0.2, 0) is 11.8 Å². The highest BCUT2D eigenvalue weighted by atomic mass is 19.1. The minimum absolute atomic E-state index is 0.0315. The summed E-state index contributed by atoms with van der Waals surface area (Å²) in [6.45, 7) is 8.65. The zero-order valence-electron chi connectivity index (χ0n) is 25.0. The van der Waals surface area contributed by atoms with Gasteiger partial charge in [0.15, 0.2) is 0 Å². The highest BCUT2D eigenvalue weighted by Crippen LogP contribution is 2.38. The van der Waals surface area contributed by atoms with E-state index in [-0.39, 0.29) is 40.3 Å². The van der Waals surface area contributed by atoms with Crippen molar-refractivity contribution in [2.75, 3.05) is 30.4 Å². The first-order valence-electron chi connectivity index (χ1n) is 14.3. The van der Waals surface area contributed by atoms with Crippen LogP contribution in [0.5, 0.6) is 0 Å². The average molecular weight is 576 g/mol. The van der Waals surface area contributed by atoms with Crippen LogP contribution < -0.4 is 15.8 Å². The van der Waals surface area contributed by atoms with E-state index in [0.717, 1.165) is 19.3 Å². The number of halogens is 1. The minimum atomic E-state index is -0.548. The smallest absolute Gasteiger partial charge is 0.259 e. The van der Waals surface area contributed by atoms with Crippen molar-refractivity contribution in [2.24, 2.45) is 7.05 Å². The Morgan fingerprint density at radius 3 is 2.33 bits per heavy atom. The first-order chi connectivity index (χ1) is 20.1. The number of pyridine rings is 1. The second-order valence-corrected chi connectivity index (χ2v) is 10.5. The van der Waals surface area contributed by atoms with Crippen molar-refractivity contribution in [1.82, 2.24) is 14.4 Å². The fourth-order valence-corrected chi connectivity index (χ4v) is 4.96. The number of hydrogen-bond donors (Lipinski definition) is 1. The predicted octanol–water partition coefficient (Wildman–Crippen LogP) is 5.29. The summed E-state index contributed by atoms with van der Waals surface area (Å²) >= 11 is 0. The first kappa shape index (κ1) is 30.5. The maximum atomic E-state index is 14.9. The van der Waals surface area contributed by atoms with Crippen LogP contribution in [0.3, 0.4) is 0 Å². The van der Waals surface area contributed by atoms with Crippen molar-refractivity contribution in [3.8, 4) is 0 Å². The summed E-state index contributed by atoms with van der Waals surface area (Å²) in [7, 11) is 3.18. The van der Waals surface area contributed by atoms with Gasteiger partial charge >= 0.3 is 0 Å². The SMILES string of the molecule is CC.Cc1ccc(Nc2c(C(=O)N(C)C3CC3)c(N(C=O)c3cccc(C(=O)N4CCC4)c3)c(C)c(=O)n2C)c(F)c1. The van der Waals surface area contributed by atoms with E-state index in [1.807, 2.05) is 13.8 Å². The van der Waals surface area contributed by atoms with Crippen LogP contribution in [0, 0.1) is 19.7 Å². The van der Waals surface area contributed by atoms with E-state index in [9.17, 15) is 23.6 Å². The van der Waals surface area contributed by atoms with Crippen LogP contribution in [0.25, 0.3) is 0 Å². The number of amides is 3. The van der Waals surface area contributed by atoms with Gasteiger partial charge in [-0.1, -0.05) is 26.0 Å². The predicted molar refractivity (Wildman–Crippen MR) is 162 cm³/mol. The number of hydrogen-bond acceptors (Lipinski definition) is 5. The molecule has 222 valence electrons. The quantitative estimate of drug-likeness (QED) is 0.369. The number of aromatic nitrogens is 1. The van der Waals surface area contributed by atoms with E-state index >= 15 is 0 Å². The molecule has 0 unspecified atom stereocenters.